The van der Waals surface area contributed by atoms with Gasteiger partial charge in [0.2, 0.25) is 5.95 Å². The third kappa shape index (κ3) is 2.84. The first-order valence-corrected chi connectivity index (χ1v) is 10.7. The number of carboxylic acid groups (broad SMARTS) is 1. The van der Waals surface area contributed by atoms with Crippen molar-refractivity contribution >= 4 is 29.0 Å². The topological polar surface area (TPSA) is 119 Å². The fraction of sp³-hybridized carbons (Fsp3) is 0.160. The van der Waals surface area contributed by atoms with Gasteiger partial charge in [-0.2, -0.15) is 0 Å². The lowest BCUT2D eigenvalue weighted by Gasteiger charge is -2.39. The van der Waals surface area contributed by atoms with Crippen LogP contribution in [0.25, 0.3) is 11.0 Å². The van der Waals surface area contributed by atoms with Crippen LogP contribution >= 0.6 is 0 Å². The second kappa shape index (κ2) is 6.91. The van der Waals surface area contributed by atoms with E-state index < -0.39 is 11.8 Å². The molecular weight excluding hydrogens is 420 g/mol. The zero-order valence-electron chi connectivity index (χ0n) is 17.4. The van der Waals surface area contributed by atoms with Gasteiger partial charge in [0.05, 0.1) is 11.0 Å². The van der Waals surface area contributed by atoms with Gasteiger partial charge in [-0.3, -0.25) is 15.0 Å². The highest BCUT2D eigenvalue weighted by molar-refractivity contribution is 6.01. The molecule has 2 amide bonds. The van der Waals surface area contributed by atoms with E-state index >= 15 is 0 Å². The monoisotopic (exact) mass is 440 g/mol. The van der Waals surface area contributed by atoms with E-state index in [0.29, 0.717) is 40.6 Å². The van der Waals surface area contributed by atoms with Gasteiger partial charge in [-0.1, -0.05) is 48.5 Å². The Labute approximate surface area is 188 Å². The number of amides is 2. The molecule has 33 heavy (non-hydrogen) atoms. The fourth-order valence-corrected chi connectivity index (χ4v) is 5.21. The van der Waals surface area contributed by atoms with Crippen molar-refractivity contribution in [2.75, 3.05) is 5.32 Å². The number of aliphatic hydroxyl groups is 1. The molecule has 1 aliphatic carbocycles. The van der Waals surface area contributed by atoms with Crippen molar-refractivity contribution in [1.29, 1.82) is 0 Å². The lowest BCUT2D eigenvalue weighted by Crippen LogP contribution is -2.51. The fourth-order valence-electron chi connectivity index (χ4n) is 5.21. The minimum absolute atomic E-state index is 0.0904. The highest BCUT2D eigenvalue weighted by Gasteiger charge is 2.53. The summed E-state index contributed by atoms with van der Waals surface area (Å²) in [6.07, 6.45) is 0.0978. The second-order valence-electron chi connectivity index (χ2n) is 8.47. The van der Waals surface area contributed by atoms with Gasteiger partial charge in [0, 0.05) is 22.7 Å². The smallest absolute Gasteiger partial charge is 0.411 e. The summed E-state index contributed by atoms with van der Waals surface area (Å²) >= 11 is 0. The highest BCUT2D eigenvalue weighted by Crippen LogP contribution is 2.46. The number of nitrogens with one attached hydrogen (secondary N) is 2. The molecular formula is C25H20N4O4. The molecule has 1 aromatic heterocycles. The summed E-state index contributed by atoms with van der Waals surface area (Å²) in [5.74, 6) is -0.117. The Morgan fingerprint density at radius 3 is 2.48 bits per heavy atom. The first-order valence-electron chi connectivity index (χ1n) is 10.7. The molecule has 0 fully saturated rings. The average molecular weight is 440 g/mol. The Balaban J connectivity index is 1.48. The largest absolute Gasteiger partial charge is 0.465 e. The number of aromatic nitrogens is 2. The van der Waals surface area contributed by atoms with Crippen LogP contribution in [0.4, 0.5) is 10.7 Å². The molecule has 1 aliphatic heterocycles. The molecule has 0 radical (unpaired) electrons. The summed E-state index contributed by atoms with van der Waals surface area (Å²) in [5, 5.41) is 23.4. The maximum Gasteiger partial charge on any atom is 0.411 e. The molecule has 8 nitrogen and oxygen atoms in total. The summed E-state index contributed by atoms with van der Waals surface area (Å²) in [6.45, 7) is 0. The molecule has 3 aromatic carbocycles. The maximum atomic E-state index is 13.6. The molecule has 0 saturated heterocycles. The standard InChI is InChI=1S/C25H20N4O4/c30-22-18-7-3-4-8-19(18)25(33,29(22)17-11-14-5-1-2-6-15(14)12-17)16-9-10-20-21(13-16)27-23(26-20)28-24(31)32/h1-10,13,17,33H,11-12H2,(H,31,32)(H2,26,27,28). The third-order valence-electron chi connectivity index (χ3n) is 6.61. The van der Waals surface area contributed by atoms with Crippen molar-refractivity contribution in [3.8, 4) is 0 Å². The van der Waals surface area contributed by atoms with Gasteiger partial charge >= 0.3 is 6.09 Å². The minimum atomic E-state index is -1.67. The van der Waals surface area contributed by atoms with Crippen molar-refractivity contribution in [1.82, 2.24) is 14.9 Å². The average Bonchev–Trinajstić information content (AvgIpc) is 3.46. The molecule has 1 atom stereocenters. The van der Waals surface area contributed by atoms with Crippen LogP contribution < -0.4 is 5.32 Å². The Kier molecular flexibility index (Phi) is 4.09. The van der Waals surface area contributed by atoms with Crippen LogP contribution in [-0.2, 0) is 18.6 Å². The van der Waals surface area contributed by atoms with Crippen molar-refractivity contribution in [2.45, 2.75) is 24.6 Å². The first-order chi connectivity index (χ1) is 15.9. The molecule has 1 unspecified atom stereocenters. The van der Waals surface area contributed by atoms with E-state index in [0.717, 1.165) is 0 Å². The number of anilines is 1. The van der Waals surface area contributed by atoms with E-state index in [1.807, 2.05) is 18.2 Å². The summed E-state index contributed by atoms with van der Waals surface area (Å²) in [5.41, 5.74) is 3.29. The zero-order chi connectivity index (χ0) is 22.7. The summed E-state index contributed by atoms with van der Waals surface area (Å²) < 4.78 is 0. The molecule has 0 bridgehead atoms. The molecule has 2 aliphatic rings. The van der Waals surface area contributed by atoms with Crippen LogP contribution in [0, 0.1) is 0 Å². The molecule has 4 aromatic rings. The van der Waals surface area contributed by atoms with E-state index in [1.165, 1.54) is 11.1 Å². The number of benzene rings is 3. The molecule has 6 rings (SSSR count). The first kappa shape index (κ1) is 19.5. The number of hydrogen-bond acceptors (Lipinski definition) is 4. The van der Waals surface area contributed by atoms with Crippen LogP contribution in [0.1, 0.15) is 32.6 Å². The molecule has 8 heteroatoms. The number of H-pyrrole nitrogens is 1. The lowest BCUT2D eigenvalue weighted by molar-refractivity contribution is -0.0680. The number of hydrogen-bond donors (Lipinski definition) is 4. The van der Waals surface area contributed by atoms with Crippen molar-refractivity contribution in [2.24, 2.45) is 0 Å². The number of nitrogens with zero attached hydrogens (tertiary/aromatic N) is 2. The van der Waals surface area contributed by atoms with Crippen molar-refractivity contribution in [3.05, 3.63) is 94.5 Å². The van der Waals surface area contributed by atoms with Crippen molar-refractivity contribution in [3.63, 3.8) is 0 Å². The van der Waals surface area contributed by atoms with E-state index in [-0.39, 0.29) is 17.9 Å². The zero-order valence-corrected chi connectivity index (χ0v) is 17.4. The second-order valence-corrected chi connectivity index (χ2v) is 8.47. The van der Waals surface area contributed by atoms with Crippen LogP contribution in [0.5, 0.6) is 0 Å². The normalized spacial score (nSPS) is 19.7. The predicted molar refractivity (Wildman–Crippen MR) is 121 cm³/mol. The van der Waals surface area contributed by atoms with Gasteiger partial charge in [-0.05, 0) is 42.2 Å². The van der Waals surface area contributed by atoms with Gasteiger partial charge < -0.3 is 15.2 Å². The van der Waals surface area contributed by atoms with Crippen LogP contribution in [-0.4, -0.2) is 43.1 Å². The summed E-state index contributed by atoms with van der Waals surface area (Å²) in [4.78, 5) is 33.3. The maximum absolute atomic E-state index is 13.6. The number of carbonyl (C=O) groups excluding carboxylic acids is 1. The molecule has 0 spiro atoms. The van der Waals surface area contributed by atoms with Crippen LogP contribution in [0.3, 0.4) is 0 Å². The third-order valence-corrected chi connectivity index (χ3v) is 6.61. The summed E-state index contributed by atoms with van der Waals surface area (Å²) in [7, 11) is 0. The molecule has 164 valence electrons. The Morgan fingerprint density at radius 2 is 1.76 bits per heavy atom. The number of aromatic amines is 1. The van der Waals surface area contributed by atoms with E-state index in [1.54, 1.807) is 41.3 Å². The van der Waals surface area contributed by atoms with Gasteiger partial charge in [0.25, 0.3) is 5.91 Å². The van der Waals surface area contributed by atoms with Crippen LogP contribution in [0.15, 0.2) is 66.7 Å². The quantitative estimate of drug-likeness (QED) is 0.389. The van der Waals surface area contributed by atoms with E-state index in [2.05, 4.69) is 27.4 Å². The van der Waals surface area contributed by atoms with Gasteiger partial charge in [-0.25, -0.2) is 9.78 Å². The van der Waals surface area contributed by atoms with Gasteiger partial charge in [0.15, 0.2) is 5.72 Å². The number of carbonyl (C=O) groups is 2. The van der Waals surface area contributed by atoms with E-state index in [4.69, 9.17) is 5.11 Å². The number of rotatable bonds is 3. The minimum Gasteiger partial charge on any atom is -0.465 e. The SMILES string of the molecule is O=C(O)Nc1nc2cc(C3(O)c4ccccc4C(=O)N3C3Cc4ccccc4C3)ccc2[nH]1. The summed E-state index contributed by atoms with van der Waals surface area (Å²) in [6, 6.07) is 20.2. The Hall–Kier alpha value is -4.17. The predicted octanol–water partition coefficient (Wildman–Crippen LogP) is 3.47. The van der Waals surface area contributed by atoms with Crippen LogP contribution in [0.2, 0.25) is 0 Å². The lowest BCUT2D eigenvalue weighted by atomic mass is 9.92. The highest BCUT2D eigenvalue weighted by atomic mass is 16.4. The molecule has 4 N–H and O–H groups in total. The number of imidazole rings is 1. The van der Waals surface area contributed by atoms with Gasteiger partial charge in [-0.15, -0.1) is 0 Å². The van der Waals surface area contributed by atoms with Crippen molar-refractivity contribution < 1.29 is 19.8 Å². The Morgan fingerprint density at radius 1 is 1.06 bits per heavy atom. The van der Waals surface area contributed by atoms with E-state index in [9.17, 15) is 14.7 Å². The number of fused-ring (bicyclic) bond motifs is 3. The molecule has 2 heterocycles. The Bertz CT molecular complexity index is 1420. The van der Waals surface area contributed by atoms with Gasteiger partial charge in [0.1, 0.15) is 0 Å². The molecule has 0 saturated carbocycles.